The van der Waals surface area contributed by atoms with Crippen LogP contribution in [-0.4, -0.2) is 70.2 Å². The number of benzene rings is 1. The van der Waals surface area contributed by atoms with E-state index in [1.807, 2.05) is 6.20 Å². The number of aromatic amines is 1. The summed E-state index contributed by atoms with van der Waals surface area (Å²) in [7, 11) is 0. The van der Waals surface area contributed by atoms with Gasteiger partial charge in [0.2, 0.25) is 0 Å². The quantitative estimate of drug-likeness (QED) is 0.754. The van der Waals surface area contributed by atoms with Crippen molar-refractivity contribution >= 4 is 33.1 Å². The van der Waals surface area contributed by atoms with Crippen LogP contribution in [0.3, 0.4) is 0 Å². The molecule has 1 fully saturated rings. The Morgan fingerprint density at radius 3 is 2.81 bits per heavy atom. The minimum atomic E-state index is 1.03. The lowest BCUT2D eigenvalue weighted by Crippen LogP contribution is -2.48. The zero-order valence-electron chi connectivity index (χ0n) is 15.4. The number of H-pyrrole nitrogens is 1. The molecule has 0 atom stereocenters. The lowest BCUT2D eigenvalue weighted by atomic mass is 10.1. The van der Waals surface area contributed by atoms with Crippen molar-refractivity contribution in [3.05, 3.63) is 48.3 Å². The Labute approximate surface area is 163 Å². The normalized spacial score (nSPS) is 18.3. The highest BCUT2D eigenvalue weighted by atomic mass is 32.1. The summed E-state index contributed by atoms with van der Waals surface area (Å²) in [6.45, 7) is 11.7. The minimum Gasteiger partial charge on any atom is -0.370 e. The molecule has 2 aliphatic rings. The van der Waals surface area contributed by atoms with Crippen LogP contribution in [0.25, 0.3) is 15.8 Å². The van der Waals surface area contributed by atoms with Crippen LogP contribution in [0, 0.1) is 0 Å². The van der Waals surface area contributed by atoms with E-state index in [2.05, 4.69) is 55.7 Å². The second kappa shape index (κ2) is 6.98. The number of rotatable bonds is 4. The van der Waals surface area contributed by atoms with Gasteiger partial charge in [-0.2, -0.15) is 9.47 Å². The molecule has 7 heteroatoms. The van der Waals surface area contributed by atoms with Crippen LogP contribution in [-0.2, 0) is 6.42 Å². The number of fused-ring (bicyclic) bond motifs is 2. The summed E-state index contributed by atoms with van der Waals surface area (Å²) in [5.41, 5.74) is 3.51. The van der Waals surface area contributed by atoms with Crippen LogP contribution in [0.1, 0.15) is 11.3 Å². The summed E-state index contributed by atoms with van der Waals surface area (Å²) in [6.07, 6.45) is 2.93. The molecule has 1 saturated heterocycles. The number of hydrogen-bond acceptors (Lipinski definition) is 6. The van der Waals surface area contributed by atoms with Crippen molar-refractivity contribution in [3.63, 3.8) is 0 Å². The fraction of sp³-hybridized carbons (Fsp3) is 0.400. The molecule has 6 nitrogen and oxygen atoms in total. The first-order valence-corrected chi connectivity index (χ1v) is 10.3. The maximum atomic E-state index is 4.71. The van der Waals surface area contributed by atoms with Crippen molar-refractivity contribution in [3.8, 4) is 0 Å². The van der Waals surface area contributed by atoms with Gasteiger partial charge in [-0.1, -0.05) is 18.7 Å². The molecule has 0 radical (unpaired) electrons. The first-order chi connectivity index (χ1) is 13.3. The van der Waals surface area contributed by atoms with E-state index >= 15 is 0 Å². The molecule has 1 N–H and O–H groups in total. The van der Waals surface area contributed by atoms with Gasteiger partial charge in [-0.15, -0.1) is 0 Å². The Bertz CT molecular complexity index is 952. The summed E-state index contributed by atoms with van der Waals surface area (Å²) < 4.78 is 5.99. The molecule has 140 valence electrons. The molecule has 1 aromatic carbocycles. The number of aromatic nitrogens is 3. The number of anilines is 1. The first-order valence-electron chi connectivity index (χ1n) is 9.58. The molecule has 5 rings (SSSR count). The smallest absolute Gasteiger partial charge is 0.150 e. The second-order valence-corrected chi connectivity index (χ2v) is 8.08. The summed E-state index contributed by atoms with van der Waals surface area (Å²) in [6, 6.07) is 8.53. The highest BCUT2D eigenvalue weighted by Gasteiger charge is 2.23. The van der Waals surface area contributed by atoms with Crippen molar-refractivity contribution < 1.29 is 0 Å². The number of hydrogen-bond donors (Lipinski definition) is 1. The van der Waals surface area contributed by atoms with Gasteiger partial charge in [0.05, 0.1) is 10.9 Å². The van der Waals surface area contributed by atoms with Crippen LogP contribution < -0.4 is 4.90 Å². The fourth-order valence-electron chi connectivity index (χ4n) is 4.10. The van der Waals surface area contributed by atoms with Crippen LogP contribution in [0.15, 0.2) is 37.0 Å². The monoisotopic (exact) mass is 380 g/mol. The zero-order chi connectivity index (χ0) is 18.2. The number of nitrogens with one attached hydrogen (secondary N) is 1. The molecule has 2 aliphatic heterocycles. The van der Waals surface area contributed by atoms with E-state index < -0.39 is 0 Å². The Kier molecular flexibility index (Phi) is 4.33. The van der Waals surface area contributed by atoms with Gasteiger partial charge in [-0.3, -0.25) is 10.00 Å². The predicted octanol–water partition coefficient (Wildman–Crippen LogP) is 2.67. The summed E-state index contributed by atoms with van der Waals surface area (Å²) in [4.78, 5) is 7.40. The Hall–Kier alpha value is -2.38. The van der Waals surface area contributed by atoms with Crippen molar-refractivity contribution in [1.82, 2.24) is 24.4 Å². The van der Waals surface area contributed by atoms with Crippen molar-refractivity contribution in [2.45, 2.75) is 6.42 Å². The van der Waals surface area contributed by atoms with Crippen molar-refractivity contribution in [2.75, 3.05) is 50.7 Å². The Morgan fingerprint density at radius 2 is 1.93 bits per heavy atom. The van der Waals surface area contributed by atoms with Gasteiger partial charge >= 0.3 is 0 Å². The maximum Gasteiger partial charge on any atom is 0.150 e. The van der Waals surface area contributed by atoms with Crippen LogP contribution in [0.2, 0.25) is 0 Å². The van der Waals surface area contributed by atoms with E-state index in [9.17, 15) is 0 Å². The van der Waals surface area contributed by atoms with Crippen LogP contribution in [0.4, 0.5) is 5.82 Å². The molecule has 3 aromatic rings. The molecule has 2 aromatic heterocycles. The molecule has 27 heavy (non-hydrogen) atoms. The van der Waals surface area contributed by atoms with E-state index in [-0.39, 0.29) is 0 Å². The molecule has 0 unspecified atom stereocenters. The summed E-state index contributed by atoms with van der Waals surface area (Å²) in [5.74, 6) is 1.16. The van der Waals surface area contributed by atoms with Crippen LogP contribution >= 0.6 is 11.5 Å². The van der Waals surface area contributed by atoms with E-state index in [0.29, 0.717) is 0 Å². The first kappa shape index (κ1) is 16.8. The molecule has 0 saturated carbocycles. The van der Waals surface area contributed by atoms with Gasteiger partial charge in [-0.05, 0) is 23.7 Å². The maximum absolute atomic E-state index is 4.71. The molecular formula is C20H24N6S. The molecular weight excluding hydrogens is 356 g/mol. The van der Waals surface area contributed by atoms with Gasteiger partial charge in [0.25, 0.3) is 0 Å². The average Bonchev–Trinajstić information content (AvgIpc) is 3.35. The summed E-state index contributed by atoms with van der Waals surface area (Å²) >= 11 is 1.60. The predicted molar refractivity (Wildman–Crippen MR) is 111 cm³/mol. The van der Waals surface area contributed by atoms with Gasteiger partial charge < -0.3 is 9.80 Å². The van der Waals surface area contributed by atoms with Crippen molar-refractivity contribution in [2.24, 2.45) is 0 Å². The van der Waals surface area contributed by atoms with Gasteiger partial charge in [0, 0.05) is 74.6 Å². The third-order valence-electron chi connectivity index (χ3n) is 5.76. The highest BCUT2D eigenvalue weighted by molar-refractivity contribution is 7.13. The van der Waals surface area contributed by atoms with Gasteiger partial charge in [0.1, 0.15) is 5.82 Å². The fourth-order valence-corrected chi connectivity index (χ4v) is 4.89. The van der Waals surface area contributed by atoms with E-state index in [1.165, 1.54) is 21.3 Å². The topological polar surface area (TPSA) is 51.3 Å². The van der Waals surface area contributed by atoms with Crippen LogP contribution in [0.5, 0.6) is 0 Å². The highest BCUT2D eigenvalue weighted by Crippen LogP contribution is 2.30. The van der Waals surface area contributed by atoms with E-state index in [4.69, 9.17) is 4.37 Å². The minimum absolute atomic E-state index is 1.03. The molecule has 4 heterocycles. The standard InChI is InChI=1S/C20H24N6S/c1-15-17-14-21-22-18(17)6-7-25(15)11-8-24-9-12-26(13-10-24)20-16-4-2-3-5-19(16)27-23-20/h2-5,14H,1,6-13H2,(H,21,22). The average molecular weight is 381 g/mol. The van der Waals surface area contributed by atoms with Gasteiger partial charge in [-0.25, -0.2) is 0 Å². The lowest BCUT2D eigenvalue weighted by molar-refractivity contribution is 0.229. The number of nitrogens with zero attached hydrogens (tertiary/aromatic N) is 5. The SMILES string of the molecule is C=C1c2cn[nH]c2CCN1CCN1CCN(c2nsc3ccccc23)CC1. The van der Waals surface area contributed by atoms with E-state index in [0.717, 1.165) is 63.7 Å². The third-order valence-corrected chi connectivity index (χ3v) is 6.58. The van der Waals surface area contributed by atoms with Gasteiger partial charge in [0.15, 0.2) is 0 Å². The number of piperazine rings is 1. The third kappa shape index (κ3) is 3.11. The molecule has 0 spiro atoms. The second-order valence-electron chi connectivity index (χ2n) is 7.28. The Balaban J connectivity index is 1.17. The largest absolute Gasteiger partial charge is 0.370 e. The van der Waals surface area contributed by atoms with Crippen molar-refractivity contribution in [1.29, 1.82) is 0 Å². The molecule has 0 aliphatic carbocycles. The summed E-state index contributed by atoms with van der Waals surface area (Å²) in [5, 5.41) is 8.53. The Morgan fingerprint density at radius 1 is 1.07 bits per heavy atom. The lowest BCUT2D eigenvalue weighted by Gasteiger charge is -2.37. The molecule has 0 amide bonds. The van der Waals surface area contributed by atoms with E-state index in [1.54, 1.807) is 11.5 Å². The zero-order valence-corrected chi connectivity index (χ0v) is 16.2. The molecule has 0 bridgehead atoms.